The highest BCUT2D eigenvalue weighted by Crippen LogP contribution is 2.40. The number of hydrogen-bond acceptors (Lipinski definition) is 3. The minimum absolute atomic E-state index is 0.116. The summed E-state index contributed by atoms with van der Waals surface area (Å²) in [4.78, 5) is 20.1. The molecule has 0 radical (unpaired) electrons. The van der Waals surface area contributed by atoms with E-state index in [4.69, 9.17) is 0 Å². The van der Waals surface area contributed by atoms with Gasteiger partial charge in [-0.1, -0.05) is 30.3 Å². The van der Waals surface area contributed by atoms with Gasteiger partial charge in [0.1, 0.15) is 11.4 Å². The average Bonchev–Trinajstić information content (AvgIpc) is 3.00. The molecule has 0 N–H and O–H groups in total. The molecule has 0 atom stereocenters. The van der Waals surface area contributed by atoms with E-state index in [1.807, 2.05) is 30.3 Å². The Labute approximate surface area is 165 Å². The van der Waals surface area contributed by atoms with E-state index in [9.17, 15) is 22.4 Å². The van der Waals surface area contributed by atoms with Gasteiger partial charge in [-0.15, -0.1) is 0 Å². The van der Waals surface area contributed by atoms with Crippen molar-refractivity contribution in [2.24, 2.45) is 4.99 Å². The number of rotatable bonds is 3. The van der Waals surface area contributed by atoms with Gasteiger partial charge in [0.25, 0.3) is 5.91 Å². The minimum Gasteiger partial charge on any atom is -0.317 e. The van der Waals surface area contributed by atoms with Crippen molar-refractivity contribution in [1.29, 1.82) is 0 Å². The van der Waals surface area contributed by atoms with E-state index in [2.05, 4.69) is 9.89 Å². The van der Waals surface area contributed by atoms with Gasteiger partial charge in [-0.05, 0) is 36.6 Å². The second-order valence-electron chi connectivity index (χ2n) is 7.37. The van der Waals surface area contributed by atoms with Gasteiger partial charge in [0.05, 0.1) is 11.9 Å². The Bertz CT molecular complexity index is 935. The van der Waals surface area contributed by atoms with Crippen LogP contribution in [0.5, 0.6) is 0 Å². The third-order valence-electron chi connectivity index (χ3n) is 5.62. The number of nitrogens with zero attached hydrogens (tertiary/aromatic N) is 3. The zero-order chi connectivity index (χ0) is 20.6. The van der Waals surface area contributed by atoms with E-state index in [1.165, 1.54) is 17.3 Å². The molecule has 0 aromatic heterocycles. The van der Waals surface area contributed by atoms with Crippen LogP contribution < -0.4 is 4.90 Å². The van der Waals surface area contributed by atoms with Crippen LogP contribution in [0.4, 0.5) is 23.2 Å². The lowest BCUT2D eigenvalue weighted by Crippen LogP contribution is -2.56. The van der Waals surface area contributed by atoms with Crippen LogP contribution >= 0.6 is 0 Å². The van der Waals surface area contributed by atoms with Gasteiger partial charge >= 0.3 is 6.18 Å². The molecule has 1 spiro atoms. The molecule has 1 fully saturated rings. The Kier molecular flexibility index (Phi) is 4.90. The molecule has 2 aromatic rings. The summed E-state index contributed by atoms with van der Waals surface area (Å²) in [7, 11) is 0. The van der Waals surface area contributed by atoms with Crippen LogP contribution in [0.2, 0.25) is 0 Å². The van der Waals surface area contributed by atoms with Crippen molar-refractivity contribution in [3.05, 3.63) is 65.5 Å². The highest BCUT2D eigenvalue weighted by Gasteiger charge is 2.49. The number of carbonyl (C=O) groups excluding carboxylic acids is 1. The molecular weight excluding hydrogens is 386 g/mol. The Hall–Kier alpha value is -2.74. The number of anilines is 1. The maximum atomic E-state index is 13.7. The maximum Gasteiger partial charge on any atom is 0.419 e. The van der Waals surface area contributed by atoms with Crippen molar-refractivity contribution in [3.8, 4) is 0 Å². The van der Waals surface area contributed by atoms with Crippen molar-refractivity contribution >= 4 is 17.9 Å². The minimum atomic E-state index is -4.81. The quantitative estimate of drug-likeness (QED) is 0.717. The summed E-state index contributed by atoms with van der Waals surface area (Å²) in [5.41, 5.74) is -1.10. The number of likely N-dealkylation sites (tertiary alicyclic amines) is 1. The molecule has 152 valence electrons. The van der Waals surface area contributed by atoms with Crippen LogP contribution in [0.3, 0.4) is 0 Å². The van der Waals surface area contributed by atoms with Crippen molar-refractivity contribution in [1.82, 2.24) is 4.90 Å². The number of alkyl halides is 3. The van der Waals surface area contributed by atoms with Crippen molar-refractivity contribution < 1.29 is 22.4 Å². The van der Waals surface area contributed by atoms with Crippen LogP contribution in [0.1, 0.15) is 24.0 Å². The van der Waals surface area contributed by atoms with Gasteiger partial charge in [-0.3, -0.25) is 9.69 Å². The predicted octanol–water partition coefficient (Wildman–Crippen LogP) is 4.25. The molecule has 0 bridgehead atoms. The monoisotopic (exact) mass is 405 g/mol. The van der Waals surface area contributed by atoms with Crippen LogP contribution in [0, 0.1) is 5.82 Å². The molecule has 29 heavy (non-hydrogen) atoms. The number of hydrogen-bond donors (Lipinski definition) is 0. The van der Waals surface area contributed by atoms with Gasteiger partial charge in [-0.2, -0.15) is 13.2 Å². The first-order chi connectivity index (χ1) is 13.8. The molecule has 1 amide bonds. The van der Waals surface area contributed by atoms with Gasteiger partial charge in [0, 0.05) is 25.3 Å². The Morgan fingerprint density at radius 1 is 1.03 bits per heavy atom. The molecule has 2 heterocycles. The molecule has 4 rings (SSSR count). The standard InChI is InChI=1S/C21H19F4N3O/c22-18-7-6-16(12-17(18)21(23,24)25)28-14-26-19(29)20(28)8-10-27(11-9-20)13-15-4-2-1-3-5-15/h1-7,12,14H,8-11,13H2. The maximum absolute atomic E-state index is 13.7. The lowest BCUT2D eigenvalue weighted by molar-refractivity contribution is -0.139. The Balaban J connectivity index is 1.56. The number of aliphatic imine (C=N–C) groups is 1. The lowest BCUT2D eigenvalue weighted by atomic mass is 9.85. The normalized spacial score (nSPS) is 19.3. The van der Waals surface area contributed by atoms with Gasteiger partial charge in [0.2, 0.25) is 0 Å². The van der Waals surface area contributed by atoms with Crippen molar-refractivity contribution in [2.75, 3.05) is 18.0 Å². The molecular formula is C21H19F4N3O. The fraction of sp³-hybridized carbons (Fsp3) is 0.333. The summed E-state index contributed by atoms with van der Waals surface area (Å²) < 4.78 is 53.0. The molecule has 4 nitrogen and oxygen atoms in total. The van der Waals surface area contributed by atoms with E-state index in [0.717, 1.165) is 24.2 Å². The third kappa shape index (κ3) is 3.64. The van der Waals surface area contributed by atoms with Crippen LogP contribution in [-0.4, -0.2) is 35.8 Å². The van der Waals surface area contributed by atoms with Crippen molar-refractivity contribution in [2.45, 2.75) is 31.1 Å². The van der Waals surface area contributed by atoms with Crippen molar-refractivity contribution in [3.63, 3.8) is 0 Å². The molecule has 2 aliphatic heterocycles. The number of halogens is 4. The molecule has 2 aliphatic rings. The van der Waals surface area contributed by atoms with E-state index in [0.29, 0.717) is 25.9 Å². The summed E-state index contributed by atoms with van der Waals surface area (Å²) >= 11 is 0. The zero-order valence-electron chi connectivity index (χ0n) is 15.5. The van der Waals surface area contributed by atoms with E-state index in [1.54, 1.807) is 0 Å². The molecule has 1 saturated heterocycles. The topological polar surface area (TPSA) is 35.9 Å². The number of carbonyl (C=O) groups is 1. The first-order valence-electron chi connectivity index (χ1n) is 9.31. The molecule has 0 saturated carbocycles. The highest BCUT2D eigenvalue weighted by molar-refractivity contribution is 6.08. The summed E-state index contributed by atoms with van der Waals surface area (Å²) in [6.45, 7) is 1.95. The molecule has 8 heteroatoms. The molecule has 0 unspecified atom stereocenters. The van der Waals surface area contributed by atoms with Gasteiger partial charge < -0.3 is 4.90 Å². The number of piperidine rings is 1. The summed E-state index contributed by atoms with van der Waals surface area (Å²) in [5, 5.41) is 0. The average molecular weight is 405 g/mol. The Morgan fingerprint density at radius 3 is 2.38 bits per heavy atom. The number of benzene rings is 2. The SMILES string of the molecule is O=C1N=CN(c2ccc(F)c(C(F)(F)F)c2)C12CCN(Cc1ccccc1)CC2. The predicted molar refractivity (Wildman–Crippen MR) is 101 cm³/mol. The third-order valence-corrected chi connectivity index (χ3v) is 5.62. The van der Waals surface area contributed by atoms with Crippen LogP contribution in [0.15, 0.2) is 53.5 Å². The number of amides is 1. The first kappa shape index (κ1) is 19.6. The fourth-order valence-electron chi connectivity index (χ4n) is 4.02. The van der Waals surface area contributed by atoms with E-state index in [-0.39, 0.29) is 11.6 Å². The highest BCUT2D eigenvalue weighted by atomic mass is 19.4. The zero-order valence-corrected chi connectivity index (χ0v) is 15.5. The van der Waals surface area contributed by atoms with E-state index < -0.39 is 23.1 Å². The smallest absolute Gasteiger partial charge is 0.317 e. The van der Waals surface area contributed by atoms with Crippen LogP contribution in [0.25, 0.3) is 0 Å². The summed E-state index contributed by atoms with van der Waals surface area (Å²) in [6.07, 6.45) is -2.69. The molecule has 0 aliphatic carbocycles. The largest absolute Gasteiger partial charge is 0.419 e. The van der Waals surface area contributed by atoms with E-state index >= 15 is 0 Å². The Morgan fingerprint density at radius 2 is 1.72 bits per heavy atom. The van der Waals surface area contributed by atoms with Gasteiger partial charge in [0.15, 0.2) is 0 Å². The first-order valence-corrected chi connectivity index (χ1v) is 9.31. The fourth-order valence-corrected chi connectivity index (χ4v) is 4.02. The summed E-state index contributed by atoms with van der Waals surface area (Å²) in [5.74, 6) is -1.70. The summed E-state index contributed by atoms with van der Waals surface area (Å²) in [6, 6.07) is 12.7. The second-order valence-corrected chi connectivity index (χ2v) is 7.37. The lowest BCUT2D eigenvalue weighted by Gasteiger charge is -2.43. The molecule has 2 aromatic carbocycles. The second kappa shape index (κ2) is 7.26. The van der Waals surface area contributed by atoms with Gasteiger partial charge in [-0.25, -0.2) is 9.38 Å². The van der Waals surface area contributed by atoms with Crippen LogP contribution in [-0.2, 0) is 17.5 Å².